The van der Waals surface area contributed by atoms with Crippen LogP contribution in [0.2, 0.25) is 0 Å². The molecule has 1 aromatic heterocycles. The Morgan fingerprint density at radius 3 is 2.85 bits per heavy atom. The van der Waals surface area contributed by atoms with Crippen LogP contribution in [0.25, 0.3) is 10.9 Å². The van der Waals surface area contributed by atoms with E-state index >= 15 is 0 Å². The molecule has 3 N–H and O–H groups in total. The average Bonchev–Trinajstić information content (AvgIpc) is 2.79. The third-order valence-corrected chi connectivity index (χ3v) is 3.29. The van der Waals surface area contributed by atoms with Gasteiger partial charge >= 0.3 is 6.03 Å². The van der Waals surface area contributed by atoms with Crippen molar-refractivity contribution >= 4 is 28.7 Å². The zero-order chi connectivity index (χ0) is 14.1. The quantitative estimate of drug-likeness (QED) is 0.848. The number of amides is 3. The molecule has 2 aromatic rings. The molecule has 7 heteroatoms. The van der Waals surface area contributed by atoms with Crippen LogP contribution in [0, 0.1) is 0 Å². The normalized spacial score (nSPS) is 15.8. The highest BCUT2D eigenvalue weighted by Crippen LogP contribution is 2.27. The summed E-state index contributed by atoms with van der Waals surface area (Å²) in [7, 11) is 0. The fourth-order valence-electron chi connectivity index (χ4n) is 2.37. The van der Waals surface area contributed by atoms with Crippen LogP contribution < -0.4 is 16.0 Å². The summed E-state index contributed by atoms with van der Waals surface area (Å²) in [5.74, 6) is 0.316. The maximum atomic E-state index is 11.9. The van der Waals surface area contributed by atoms with E-state index in [1.807, 2.05) is 24.3 Å². The first kappa shape index (κ1) is 12.6. The van der Waals surface area contributed by atoms with Gasteiger partial charge in [0.1, 0.15) is 0 Å². The molecule has 0 bridgehead atoms. The Labute approximate surface area is 115 Å². The van der Waals surface area contributed by atoms with Crippen LogP contribution in [0.1, 0.15) is 6.42 Å². The topological polar surface area (TPSA) is 93.2 Å². The van der Waals surface area contributed by atoms with E-state index in [-0.39, 0.29) is 12.3 Å². The number of benzene rings is 1. The van der Waals surface area contributed by atoms with E-state index in [1.54, 1.807) is 4.68 Å². The number of aromatic nitrogens is 2. The Kier molecular flexibility index (Phi) is 3.11. The van der Waals surface area contributed by atoms with Crippen LogP contribution in [0.4, 0.5) is 10.6 Å². The lowest BCUT2D eigenvalue weighted by Crippen LogP contribution is -2.49. The monoisotopic (exact) mass is 273 g/mol. The number of hydrogen-bond donors (Lipinski definition) is 2. The lowest BCUT2D eigenvalue weighted by atomic mass is 10.2. The predicted molar refractivity (Wildman–Crippen MR) is 74.3 cm³/mol. The average molecular weight is 273 g/mol. The third kappa shape index (κ3) is 2.01. The van der Waals surface area contributed by atoms with Crippen molar-refractivity contribution in [3.63, 3.8) is 0 Å². The number of nitrogens with two attached hydrogens (primary N) is 1. The minimum atomic E-state index is -0.426. The molecule has 3 rings (SSSR count). The predicted octanol–water partition coefficient (Wildman–Crippen LogP) is 0.441. The van der Waals surface area contributed by atoms with E-state index in [2.05, 4.69) is 10.4 Å². The summed E-state index contributed by atoms with van der Waals surface area (Å²) in [5, 5.41) is 7.66. The number of hydrogen-bond acceptors (Lipinski definition) is 4. The third-order valence-electron chi connectivity index (χ3n) is 3.29. The highest BCUT2D eigenvalue weighted by Gasteiger charge is 2.27. The molecule has 0 unspecified atom stereocenters. The second-order valence-electron chi connectivity index (χ2n) is 4.61. The van der Waals surface area contributed by atoms with E-state index in [9.17, 15) is 9.59 Å². The van der Waals surface area contributed by atoms with Gasteiger partial charge in [0.25, 0.3) is 0 Å². The molecule has 0 radical (unpaired) electrons. The van der Waals surface area contributed by atoms with Gasteiger partial charge in [0.05, 0.1) is 12.1 Å². The largest absolute Gasteiger partial charge is 0.329 e. The maximum Gasteiger partial charge on any atom is 0.329 e. The zero-order valence-electron chi connectivity index (χ0n) is 10.9. The van der Waals surface area contributed by atoms with E-state index in [4.69, 9.17) is 5.73 Å². The number of carbonyl (C=O) groups is 2. The molecule has 0 spiro atoms. The van der Waals surface area contributed by atoms with Crippen molar-refractivity contribution in [1.29, 1.82) is 0 Å². The van der Waals surface area contributed by atoms with E-state index in [1.165, 1.54) is 4.90 Å². The van der Waals surface area contributed by atoms with Gasteiger partial charge in [-0.2, -0.15) is 5.10 Å². The number of nitrogens with zero attached hydrogens (tertiary/aromatic N) is 3. The summed E-state index contributed by atoms with van der Waals surface area (Å²) in [4.78, 5) is 24.7. The number of fused-ring (bicyclic) bond motifs is 1. The first-order chi connectivity index (χ1) is 9.70. The molecule has 0 atom stereocenters. The number of para-hydroxylation sites is 1. The van der Waals surface area contributed by atoms with Crippen molar-refractivity contribution in [3.05, 3.63) is 24.3 Å². The van der Waals surface area contributed by atoms with Gasteiger partial charge in [0.15, 0.2) is 5.82 Å². The highest BCUT2D eigenvalue weighted by molar-refractivity contribution is 6.08. The van der Waals surface area contributed by atoms with Crippen LogP contribution in [0.5, 0.6) is 0 Å². The van der Waals surface area contributed by atoms with Gasteiger partial charge in [-0.05, 0) is 12.1 Å². The van der Waals surface area contributed by atoms with E-state index in [0.29, 0.717) is 25.5 Å². The molecule has 0 aliphatic carbocycles. The fraction of sp³-hybridized carbons (Fsp3) is 0.308. The molecule has 3 amide bonds. The second-order valence-corrected chi connectivity index (χ2v) is 4.61. The van der Waals surface area contributed by atoms with Crippen molar-refractivity contribution < 1.29 is 9.59 Å². The Morgan fingerprint density at radius 2 is 2.10 bits per heavy atom. The number of rotatable bonds is 3. The zero-order valence-corrected chi connectivity index (χ0v) is 10.9. The number of urea groups is 1. The first-order valence-electron chi connectivity index (χ1n) is 6.47. The molecule has 1 aliphatic rings. The summed E-state index contributed by atoms with van der Waals surface area (Å²) in [6, 6.07) is 7.24. The standard InChI is InChI=1S/C13H15N5O2/c14-6-8-18-10-4-2-1-3-9(10)12(16-18)17-7-5-11(19)15-13(17)20/h1-4H,5-8,14H2,(H,15,19,20). The van der Waals surface area contributed by atoms with Crippen LogP contribution in [-0.2, 0) is 11.3 Å². The molecule has 104 valence electrons. The summed E-state index contributed by atoms with van der Waals surface area (Å²) < 4.78 is 1.79. The number of carbonyl (C=O) groups excluding carboxylic acids is 2. The lowest BCUT2D eigenvalue weighted by Gasteiger charge is -2.24. The van der Waals surface area contributed by atoms with Crippen LogP contribution in [-0.4, -0.2) is 34.8 Å². The molecule has 1 aromatic carbocycles. The van der Waals surface area contributed by atoms with Crippen molar-refractivity contribution in [2.75, 3.05) is 18.0 Å². The van der Waals surface area contributed by atoms with Gasteiger partial charge in [-0.3, -0.25) is 19.7 Å². The van der Waals surface area contributed by atoms with Gasteiger partial charge in [-0.15, -0.1) is 0 Å². The molecule has 1 aliphatic heterocycles. The molecule has 1 saturated heterocycles. The van der Waals surface area contributed by atoms with Gasteiger partial charge in [0, 0.05) is 24.9 Å². The number of nitrogens with one attached hydrogen (secondary N) is 1. The molecular weight excluding hydrogens is 258 g/mol. The Morgan fingerprint density at radius 1 is 1.30 bits per heavy atom. The minimum absolute atomic E-state index is 0.253. The SMILES string of the molecule is NCCn1nc(N2CCC(=O)NC2=O)c2ccccc21. The first-order valence-corrected chi connectivity index (χ1v) is 6.47. The molecule has 20 heavy (non-hydrogen) atoms. The second kappa shape index (κ2) is 4.93. The van der Waals surface area contributed by atoms with Crippen LogP contribution in [0.3, 0.4) is 0 Å². The summed E-state index contributed by atoms with van der Waals surface area (Å²) >= 11 is 0. The van der Waals surface area contributed by atoms with Crippen molar-refractivity contribution in [3.8, 4) is 0 Å². The van der Waals surface area contributed by atoms with Crippen LogP contribution >= 0.6 is 0 Å². The van der Waals surface area contributed by atoms with Crippen molar-refractivity contribution in [1.82, 2.24) is 15.1 Å². The molecule has 1 fully saturated rings. The van der Waals surface area contributed by atoms with E-state index < -0.39 is 6.03 Å². The minimum Gasteiger partial charge on any atom is -0.329 e. The van der Waals surface area contributed by atoms with Crippen molar-refractivity contribution in [2.24, 2.45) is 5.73 Å². The molecule has 2 heterocycles. The van der Waals surface area contributed by atoms with Gasteiger partial charge in [-0.25, -0.2) is 4.79 Å². The number of imide groups is 1. The summed E-state index contributed by atoms with van der Waals surface area (Å²) in [5.41, 5.74) is 6.51. The Balaban J connectivity index is 2.07. The molecular formula is C13H15N5O2. The number of anilines is 1. The summed E-state index contributed by atoms with van der Waals surface area (Å²) in [6.45, 7) is 1.39. The smallest absolute Gasteiger partial charge is 0.329 e. The summed E-state index contributed by atoms with van der Waals surface area (Å²) in [6.07, 6.45) is 0.282. The lowest BCUT2D eigenvalue weighted by molar-refractivity contribution is -0.120. The molecule has 7 nitrogen and oxygen atoms in total. The van der Waals surface area contributed by atoms with Gasteiger partial charge in [-0.1, -0.05) is 12.1 Å². The maximum absolute atomic E-state index is 11.9. The van der Waals surface area contributed by atoms with Crippen molar-refractivity contribution in [2.45, 2.75) is 13.0 Å². The van der Waals surface area contributed by atoms with Gasteiger partial charge in [0.2, 0.25) is 5.91 Å². The van der Waals surface area contributed by atoms with E-state index in [0.717, 1.165) is 10.9 Å². The van der Waals surface area contributed by atoms with Gasteiger partial charge < -0.3 is 5.73 Å². The molecule has 0 saturated carbocycles. The highest BCUT2D eigenvalue weighted by atomic mass is 16.2. The Bertz CT molecular complexity index is 678. The fourth-order valence-corrected chi connectivity index (χ4v) is 2.37. The Hall–Kier alpha value is -2.41. The van der Waals surface area contributed by atoms with Crippen LogP contribution in [0.15, 0.2) is 24.3 Å².